The molecule has 1 aromatic carbocycles. The highest BCUT2D eigenvalue weighted by molar-refractivity contribution is 9.08. The van der Waals surface area contributed by atoms with Gasteiger partial charge in [-0.2, -0.15) is 0 Å². The van der Waals surface area contributed by atoms with Crippen molar-refractivity contribution >= 4 is 26.9 Å². The van der Waals surface area contributed by atoms with E-state index in [0.717, 1.165) is 5.56 Å². The molecule has 5 heteroatoms. The second kappa shape index (κ2) is 4.41. The van der Waals surface area contributed by atoms with Gasteiger partial charge in [-0.3, -0.25) is 0 Å². The number of aromatic hydroxyl groups is 1. The normalized spacial score (nSPS) is 10.8. The van der Waals surface area contributed by atoms with Gasteiger partial charge in [-0.15, -0.1) is 0 Å². The minimum Gasteiger partial charge on any atom is -0.508 e. The topological polar surface area (TPSA) is 59.7 Å². The molecule has 2 rings (SSSR count). The molecule has 0 saturated carbocycles. The molecule has 0 atom stereocenters. The molecule has 0 aliphatic rings. The fraction of sp³-hybridized carbons (Fsp3) is 0.250. The summed E-state index contributed by atoms with van der Waals surface area (Å²) in [6, 6.07) is 2.90. The highest BCUT2D eigenvalue weighted by atomic mass is 79.9. The Labute approximate surface area is 106 Å². The average Bonchev–Trinajstić information content (AvgIpc) is 2.30. The van der Waals surface area contributed by atoms with Crippen LogP contribution in [0.25, 0.3) is 11.0 Å². The first-order chi connectivity index (χ1) is 8.08. The maximum Gasteiger partial charge on any atom is 0.339 e. The van der Waals surface area contributed by atoms with E-state index in [4.69, 9.17) is 9.15 Å². The summed E-state index contributed by atoms with van der Waals surface area (Å²) in [5.74, 6) is 0.489. The summed E-state index contributed by atoms with van der Waals surface area (Å²) in [6.07, 6.45) is 0. The summed E-state index contributed by atoms with van der Waals surface area (Å²) < 4.78 is 10.3. The number of alkyl halides is 1. The van der Waals surface area contributed by atoms with Crippen molar-refractivity contribution in [2.75, 3.05) is 7.11 Å². The largest absolute Gasteiger partial charge is 0.508 e. The number of phenolic OH excluding ortho intramolecular Hbond substituents is 1. The van der Waals surface area contributed by atoms with Gasteiger partial charge < -0.3 is 14.3 Å². The lowest BCUT2D eigenvalue weighted by molar-refractivity contribution is 0.410. The number of phenols is 1. The first-order valence-corrected chi connectivity index (χ1v) is 6.10. The maximum absolute atomic E-state index is 11.6. The van der Waals surface area contributed by atoms with Crippen molar-refractivity contribution in [1.29, 1.82) is 0 Å². The number of rotatable bonds is 2. The van der Waals surface area contributed by atoms with Crippen LogP contribution in [0.2, 0.25) is 0 Å². The number of hydrogen-bond acceptors (Lipinski definition) is 4. The van der Waals surface area contributed by atoms with Crippen LogP contribution >= 0.6 is 15.9 Å². The third kappa shape index (κ3) is 1.91. The molecule has 17 heavy (non-hydrogen) atoms. The van der Waals surface area contributed by atoms with Gasteiger partial charge in [-0.1, -0.05) is 15.9 Å². The smallest absolute Gasteiger partial charge is 0.339 e. The lowest BCUT2D eigenvalue weighted by Crippen LogP contribution is -2.07. The van der Waals surface area contributed by atoms with E-state index in [1.54, 1.807) is 6.92 Å². The molecule has 0 radical (unpaired) electrons. The lowest BCUT2D eigenvalue weighted by atomic mass is 10.1. The van der Waals surface area contributed by atoms with E-state index in [0.29, 0.717) is 27.6 Å². The zero-order valence-electron chi connectivity index (χ0n) is 9.41. The van der Waals surface area contributed by atoms with Crippen LogP contribution in [-0.4, -0.2) is 12.2 Å². The Morgan fingerprint density at radius 3 is 2.76 bits per heavy atom. The molecular weight excluding hydrogens is 288 g/mol. The first-order valence-electron chi connectivity index (χ1n) is 4.97. The minimum atomic E-state index is -0.403. The van der Waals surface area contributed by atoms with Crippen molar-refractivity contribution in [3.8, 4) is 11.5 Å². The summed E-state index contributed by atoms with van der Waals surface area (Å²) in [7, 11) is 1.51. The van der Waals surface area contributed by atoms with Crippen LogP contribution in [0.1, 0.15) is 11.1 Å². The fourth-order valence-corrected chi connectivity index (χ4v) is 2.47. The zero-order valence-corrected chi connectivity index (χ0v) is 11.0. The quantitative estimate of drug-likeness (QED) is 0.684. The highest BCUT2D eigenvalue weighted by Crippen LogP contribution is 2.34. The van der Waals surface area contributed by atoms with Crippen LogP contribution in [0.15, 0.2) is 21.3 Å². The number of halogens is 1. The Hall–Kier alpha value is -1.49. The second-order valence-electron chi connectivity index (χ2n) is 3.65. The van der Waals surface area contributed by atoms with E-state index in [9.17, 15) is 9.90 Å². The van der Waals surface area contributed by atoms with Crippen LogP contribution in [0.5, 0.6) is 11.5 Å². The highest BCUT2D eigenvalue weighted by Gasteiger charge is 2.15. The van der Waals surface area contributed by atoms with Crippen molar-refractivity contribution in [2.24, 2.45) is 0 Å². The Bertz CT molecular complexity index is 630. The molecule has 90 valence electrons. The van der Waals surface area contributed by atoms with Crippen molar-refractivity contribution in [1.82, 2.24) is 0 Å². The monoisotopic (exact) mass is 298 g/mol. The third-order valence-electron chi connectivity index (χ3n) is 2.67. The Morgan fingerprint density at radius 1 is 1.47 bits per heavy atom. The Kier molecular flexibility index (Phi) is 3.11. The standard InChI is InChI=1S/C12H11BrO4/c1-6-8(5-13)11-9(16-2)3-7(14)4-10(11)17-12(6)15/h3-4,14H,5H2,1-2H3. The van der Waals surface area contributed by atoms with Crippen LogP contribution in [0, 0.1) is 6.92 Å². The fourth-order valence-electron chi connectivity index (χ4n) is 1.77. The summed E-state index contributed by atoms with van der Waals surface area (Å²) in [5.41, 5.74) is 1.28. The van der Waals surface area contributed by atoms with Gasteiger partial charge in [-0.25, -0.2) is 4.79 Å². The summed E-state index contributed by atoms with van der Waals surface area (Å²) in [4.78, 5) is 11.6. The van der Waals surface area contributed by atoms with Crippen LogP contribution < -0.4 is 10.4 Å². The molecule has 1 aromatic heterocycles. The number of hydrogen-bond donors (Lipinski definition) is 1. The van der Waals surface area contributed by atoms with Gasteiger partial charge in [0.05, 0.1) is 12.5 Å². The lowest BCUT2D eigenvalue weighted by Gasteiger charge is -2.10. The molecule has 0 fully saturated rings. The number of benzene rings is 1. The molecule has 0 amide bonds. The molecule has 0 aliphatic heterocycles. The van der Waals surface area contributed by atoms with Crippen molar-refractivity contribution < 1.29 is 14.3 Å². The zero-order chi connectivity index (χ0) is 12.6. The van der Waals surface area contributed by atoms with E-state index in [1.165, 1.54) is 19.2 Å². The molecule has 1 N–H and O–H groups in total. The third-order valence-corrected chi connectivity index (χ3v) is 3.23. The predicted molar refractivity (Wildman–Crippen MR) is 68.1 cm³/mol. The predicted octanol–water partition coefficient (Wildman–Crippen LogP) is 2.71. The van der Waals surface area contributed by atoms with Crippen LogP contribution in [0.3, 0.4) is 0 Å². The summed E-state index contributed by atoms with van der Waals surface area (Å²) in [5, 5.41) is 10.7. The van der Waals surface area contributed by atoms with Gasteiger partial charge in [0.2, 0.25) is 0 Å². The van der Waals surface area contributed by atoms with Crippen molar-refractivity contribution in [2.45, 2.75) is 12.3 Å². The molecule has 0 aliphatic carbocycles. The average molecular weight is 299 g/mol. The summed E-state index contributed by atoms with van der Waals surface area (Å²) >= 11 is 3.35. The Balaban J connectivity index is 3.00. The number of ether oxygens (including phenoxy) is 1. The molecule has 2 aromatic rings. The van der Waals surface area contributed by atoms with E-state index >= 15 is 0 Å². The number of methoxy groups -OCH3 is 1. The molecule has 0 saturated heterocycles. The Morgan fingerprint density at radius 2 is 2.18 bits per heavy atom. The molecule has 0 spiro atoms. The summed E-state index contributed by atoms with van der Waals surface area (Å²) in [6.45, 7) is 1.70. The molecular formula is C12H11BrO4. The van der Waals surface area contributed by atoms with Gasteiger partial charge in [0.25, 0.3) is 0 Å². The first kappa shape index (κ1) is 12.0. The van der Waals surface area contributed by atoms with E-state index < -0.39 is 5.63 Å². The van der Waals surface area contributed by atoms with Gasteiger partial charge in [0.1, 0.15) is 17.1 Å². The molecule has 0 bridgehead atoms. The van der Waals surface area contributed by atoms with Gasteiger partial charge in [0, 0.05) is 23.0 Å². The van der Waals surface area contributed by atoms with Crippen molar-refractivity contribution in [3.05, 3.63) is 33.7 Å². The van der Waals surface area contributed by atoms with E-state index in [1.807, 2.05) is 0 Å². The second-order valence-corrected chi connectivity index (χ2v) is 4.21. The van der Waals surface area contributed by atoms with Gasteiger partial charge in [-0.05, 0) is 12.5 Å². The van der Waals surface area contributed by atoms with Gasteiger partial charge >= 0.3 is 5.63 Å². The molecule has 4 nitrogen and oxygen atoms in total. The minimum absolute atomic E-state index is 0.00174. The number of fused-ring (bicyclic) bond motifs is 1. The van der Waals surface area contributed by atoms with Crippen LogP contribution in [-0.2, 0) is 5.33 Å². The van der Waals surface area contributed by atoms with Gasteiger partial charge in [0.15, 0.2) is 0 Å². The van der Waals surface area contributed by atoms with Crippen molar-refractivity contribution in [3.63, 3.8) is 0 Å². The molecule has 0 unspecified atom stereocenters. The SMILES string of the molecule is COc1cc(O)cc2oc(=O)c(C)c(CBr)c12. The maximum atomic E-state index is 11.6. The molecule has 1 heterocycles. The van der Waals surface area contributed by atoms with E-state index in [2.05, 4.69) is 15.9 Å². The van der Waals surface area contributed by atoms with Crippen LogP contribution in [0.4, 0.5) is 0 Å². The van der Waals surface area contributed by atoms with E-state index in [-0.39, 0.29) is 5.75 Å².